The molecule has 1 aromatic heterocycles. The van der Waals surface area contributed by atoms with Gasteiger partial charge in [0.2, 0.25) is 0 Å². The van der Waals surface area contributed by atoms with Crippen LogP contribution in [0, 0.1) is 0 Å². The second-order valence-corrected chi connectivity index (χ2v) is 4.53. The Labute approximate surface area is 97.5 Å². The summed E-state index contributed by atoms with van der Waals surface area (Å²) in [5.41, 5.74) is 2.96. The van der Waals surface area contributed by atoms with E-state index in [-0.39, 0.29) is 0 Å². The Morgan fingerprint density at radius 3 is 2.94 bits per heavy atom. The smallest absolute Gasteiger partial charge is 0.0522 e. The summed E-state index contributed by atoms with van der Waals surface area (Å²) in [6, 6.07) is 0. The molecule has 3 heteroatoms. The van der Waals surface area contributed by atoms with Crippen molar-refractivity contribution in [3.05, 3.63) is 29.6 Å². The molecule has 0 bridgehead atoms. The van der Waals surface area contributed by atoms with Gasteiger partial charge in [0.25, 0.3) is 0 Å². The first-order valence-electron chi connectivity index (χ1n) is 6.21. The van der Waals surface area contributed by atoms with E-state index in [0.717, 1.165) is 19.5 Å². The van der Waals surface area contributed by atoms with Crippen molar-refractivity contribution in [3.63, 3.8) is 0 Å². The van der Waals surface area contributed by atoms with Gasteiger partial charge in [-0.1, -0.05) is 11.6 Å². The third-order valence-corrected chi connectivity index (χ3v) is 3.11. The zero-order valence-electron chi connectivity index (χ0n) is 10.1. The van der Waals surface area contributed by atoms with E-state index < -0.39 is 0 Å². The molecule has 1 N–H and O–H groups in total. The van der Waals surface area contributed by atoms with E-state index in [4.69, 9.17) is 0 Å². The van der Waals surface area contributed by atoms with Crippen molar-refractivity contribution < 1.29 is 0 Å². The maximum atomic E-state index is 4.16. The van der Waals surface area contributed by atoms with Gasteiger partial charge in [0.15, 0.2) is 0 Å². The molecule has 0 aliphatic heterocycles. The summed E-state index contributed by atoms with van der Waals surface area (Å²) in [5, 5.41) is 7.65. The normalized spacial score (nSPS) is 15.4. The third-order valence-electron chi connectivity index (χ3n) is 3.11. The van der Waals surface area contributed by atoms with Crippen molar-refractivity contribution >= 4 is 0 Å². The van der Waals surface area contributed by atoms with Gasteiger partial charge >= 0.3 is 0 Å². The summed E-state index contributed by atoms with van der Waals surface area (Å²) in [6.45, 7) is 2.17. The van der Waals surface area contributed by atoms with Gasteiger partial charge in [-0.15, -0.1) is 0 Å². The summed E-state index contributed by atoms with van der Waals surface area (Å²) < 4.78 is 1.86. The second kappa shape index (κ2) is 5.85. The molecule has 0 aromatic carbocycles. The van der Waals surface area contributed by atoms with Crippen LogP contribution in [0.25, 0.3) is 0 Å². The summed E-state index contributed by atoms with van der Waals surface area (Å²) in [6.07, 6.45) is 12.7. The van der Waals surface area contributed by atoms with E-state index in [9.17, 15) is 0 Å². The lowest BCUT2D eigenvalue weighted by Gasteiger charge is -2.04. The van der Waals surface area contributed by atoms with Crippen molar-refractivity contribution in [1.82, 2.24) is 15.1 Å². The molecule has 0 unspecified atom stereocenters. The largest absolute Gasteiger partial charge is 0.316 e. The number of hydrogen-bond acceptors (Lipinski definition) is 2. The van der Waals surface area contributed by atoms with Crippen molar-refractivity contribution in [2.75, 3.05) is 13.1 Å². The van der Waals surface area contributed by atoms with Crippen molar-refractivity contribution in [3.8, 4) is 0 Å². The molecular weight excluding hydrogens is 198 g/mol. The van der Waals surface area contributed by atoms with Crippen LogP contribution in [0.1, 0.15) is 31.2 Å². The predicted molar refractivity (Wildman–Crippen MR) is 66.3 cm³/mol. The third kappa shape index (κ3) is 3.49. The minimum atomic E-state index is 1.05. The Morgan fingerprint density at radius 2 is 2.25 bits per heavy atom. The number of hydrogen-bond donors (Lipinski definition) is 1. The topological polar surface area (TPSA) is 29.9 Å². The number of allylic oxidation sites excluding steroid dienone is 1. The Bertz CT molecular complexity index is 352. The molecule has 0 saturated heterocycles. The summed E-state index contributed by atoms with van der Waals surface area (Å²) >= 11 is 0. The Kier molecular flexibility index (Phi) is 4.17. The maximum absolute atomic E-state index is 4.16. The highest BCUT2D eigenvalue weighted by atomic mass is 15.2. The van der Waals surface area contributed by atoms with Gasteiger partial charge in [-0.2, -0.15) is 5.10 Å². The molecular formula is C13H21N3. The summed E-state index contributed by atoms with van der Waals surface area (Å²) in [5.74, 6) is 0. The average molecular weight is 219 g/mol. The molecule has 3 nitrogen and oxygen atoms in total. The molecule has 88 valence electrons. The fourth-order valence-corrected chi connectivity index (χ4v) is 2.17. The summed E-state index contributed by atoms with van der Waals surface area (Å²) in [7, 11) is 1.96. The Hall–Kier alpha value is -1.09. The molecule has 0 atom stereocenters. The molecule has 0 fully saturated rings. The second-order valence-electron chi connectivity index (χ2n) is 4.53. The fourth-order valence-electron chi connectivity index (χ4n) is 2.17. The van der Waals surface area contributed by atoms with Gasteiger partial charge < -0.3 is 5.32 Å². The zero-order chi connectivity index (χ0) is 11.2. The number of aryl methyl sites for hydroxylation is 1. The van der Waals surface area contributed by atoms with Crippen LogP contribution in [0.5, 0.6) is 0 Å². The van der Waals surface area contributed by atoms with Gasteiger partial charge in [0, 0.05) is 13.2 Å². The first-order chi connectivity index (χ1) is 7.84. The number of nitrogens with zero attached hydrogens (tertiary/aromatic N) is 2. The molecule has 0 amide bonds. The van der Waals surface area contributed by atoms with Crippen LogP contribution in [-0.2, 0) is 13.5 Å². The van der Waals surface area contributed by atoms with E-state index in [1.165, 1.54) is 31.2 Å². The van der Waals surface area contributed by atoms with Gasteiger partial charge in [-0.25, -0.2) is 0 Å². The molecule has 2 rings (SSSR count). The van der Waals surface area contributed by atoms with Crippen molar-refractivity contribution in [2.45, 2.75) is 32.1 Å². The Balaban J connectivity index is 1.55. The van der Waals surface area contributed by atoms with Crippen LogP contribution in [0.15, 0.2) is 24.0 Å². The molecule has 0 spiro atoms. The van der Waals surface area contributed by atoms with Gasteiger partial charge in [-0.3, -0.25) is 4.68 Å². The quantitative estimate of drug-likeness (QED) is 0.586. The molecule has 16 heavy (non-hydrogen) atoms. The minimum absolute atomic E-state index is 1.05. The fraction of sp³-hybridized carbons (Fsp3) is 0.615. The first-order valence-corrected chi connectivity index (χ1v) is 6.21. The van der Waals surface area contributed by atoms with Gasteiger partial charge in [0.1, 0.15) is 0 Å². The number of nitrogens with one attached hydrogen (secondary N) is 1. The van der Waals surface area contributed by atoms with Crippen molar-refractivity contribution in [2.24, 2.45) is 7.05 Å². The van der Waals surface area contributed by atoms with Crippen LogP contribution in [0.3, 0.4) is 0 Å². The first kappa shape index (κ1) is 11.4. The lowest BCUT2D eigenvalue weighted by Crippen LogP contribution is -2.18. The van der Waals surface area contributed by atoms with E-state index in [1.54, 1.807) is 5.57 Å². The monoisotopic (exact) mass is 219 g/mol. The predicted octanol–water partition coefficient (Wildman–Crippen LogP) is 2.05. The van der Waals surface area contributed by atoms with E-state index in [1.807, 2.05) is 17.9 Å². The lowest BCUT2D eigenvalue weighted by atomic mass is 10.1. The van der Waals surface area contributed by atoms with Crippen LogP contribution < -0.4 is 5.32 Å². The van der Waals surface area contributed by atoms with Crippen LogP contribution in [-0.4, -0.2) is 22.9 Å². The number of aromatic nitrogens is 2. The molecule has 1 aliphatic carbocycles. The minimum Gasteiger partial charge on any atom is -0.316 e. The van der Waals surface area contributed by atoms with Crippen molar-refractivity contribution in [1.29, 1.82) is 0 Å². The van der Waals surface area contributed by atoms with E-state index >= 15 is 0 Å². The highest BCUT2D eigenvalue weighted by Gasteiger charge is 2.03. The van der Waals surface area contributed by atoms with Crippen LogP contribution >= 0.6 is 0 Å². The lowest BCUT2D eigenvalue weighted by molar-refractivity contribution is 0.671. The highest BCUT2D eigenvalue weighted by molar-refractivity contribution is 5.07. The average Bonchev–Trinajstić information content (AvgIpc) is 2.89. The molecule has 1 aliphatic rings. The Morgan fingerprint density at radius 1 is 1.38 bits per heavy atom. The highest BCUT2D eigenvalue weighted by Crippen LogP contribution is 2.19. The SMILES string of the molecule is Cn1cc(CCNCCC2=CCCC2)cn1. The summed E-state index contributed by atoms with van der Waals surface area (Å²) in [4.78, 5) is 0. The van der Waals surface area contributed by atoms with Crippen LogP contribution in [0.4, 0.5) is 0 Å². The number of rotatable bonds is 6. The zero-order valence-corrected chi connectivity index (χ0v) is 10.1. The van der Waals surface area contributed by atoms with Gasteiger partial charge in [-0.05, 0) is 50.8 Å². The molecule has 1 aromatic rings. The van der Waals surface area contributed by atoms with Gasteiger partial charge in [0.05, 0.1) is 6.20 Å². The van der Waals surface area contributed by atoms with E-state index in [2.05, 4.69) is 22.7 Å². The molecule has 0 saturated carbocycles. The molecule has 0 radical (unpaired) electrons. The molecule has 1 heterocycles. The van der Waals surface area contributed by atoms with E-state index in [0.29, 0.717) is 0 Å². The standard InChI is InChI=1S/C13H21N3/c1-16-11-13(10-15-16)7-9-14-8-6-12-4-2-3-5-12/h4,10-11,14H,2-3,5-9H2,1H3. The van der Waals surface area contributed by atoms with Crippen LogP contribution in [0.2, 0.25) is 0 Å². The maximum Gasteiger partial charge on any atom is 0.0522 e.